The van der Waals surface area contributed by atoms with Crippen molar-refractivity contribution >= 4 is 0 Å². The molecule has 80 valence electrons. The molecule has 0 aromatic carbocycles. The van der Waals surface area contributed by atoms with Crippen LogP contribution in [0.25, 0.3) is 0 Å². The van der Waals surface area contributed by atoms with Crippen LogP contribution in [0.4, 0.5) is 0 Å². The van der Waals surface area contributed by atoms with Gasteiger partial charge in [0.25, 0.3) is 0 Å². The van der Waals surface area contributed by atoms with Crippen molar-refractivity contribution in [1.29, 1.82) is 0 Å². The van der Waals surface area contributed by atoms with Crippen molar-refractivity contribution in [3.8, 4) is 0 Å². The molecular weight excluding hydrogens is 162 g/mol. The molecule has 0 spiro atoms. The first-order valence-electron chi connectivity index (χ1n) is 5.25. The summed E-state index contributed by atoms with van der Waals surface area (Å²) in [4.78, 5) is 0. The Morgan fingerprint density at radius 2 is 1.77 bits per heavy atom. The molecule has 0 saturated heterocycles. The molecule has 0 aliphatic heterocycles. The van der Waals surface area contributed by atoms with E-state index >= 15 is 0 Å². The molecule has 0 radical (unpaired) electrons. The minimum absolute atomic E-state index is 0.636. The molecule has 0 amide bonds. The van der Waals surface area contributed by atoms with Crippen LogP contribution in [0.3, 0.4) is 0 Å². The topological polar surface area (TPSA) is 36.1 Å². The van der Waals surface area contributed by atoms with E-state index in [1.165, 1.54) is 6.42 Å². The first-order valence-corrected chi connectivity index (χ1v) is 5.25. The summed E-state index contributed by atoms with van der Waals surface area (Å²) in [5.74, 6) is 0.785. The van der Waals surface area contributed by atoms with Crippen molar-refractivity contribution in [2.24, 2.45) is 5.92 Å². The predicted octanol–water partition coefficient (Wildman–Crippen LogP) is 0.777. The largest absolute Gasteiger partial charge is 0.313 e. The quantitative estimate of drug-likeness (QED) is 0.388. The second-order valence-corrected chi connectivity index (χ2v) is 4.02. The zero-order valence-corrected chi connectivity index (χ0v) is 9.48. The van der Waals surface area contributed by atoms with Gasteiger partial charge in [-0.15, -0.1) is 0 Å². The van der Waals surface area contributed by atoms with Gasteiger partial charge in [0.05, 0.1) is 0 Å². The fourth-order valence-electron chi connectivity index (χ4n) is 1.41. The van der Waals surface area contributed by atoms with Gasteiger partial charge in [-0.2, -0.15) is 0 Å². The highest BCUT2D eigenvalue weighted by Crippen LogP contribution is 2.02. The van der Waals surface area contributed by atoms with E-state index in [4.69, 9.17) is 0 Å². The molecule has 0 fully saturated rings. The Hall–Kier alpha value is -0.120. The van der Waals surface area contributed by atoms with E-state index in [2.05, 4.69) is 36.7 Å². The summed E-state index contributed by atoms with van der Waals surface area (Å²) in [5.41, 5.74) is 0. The van der Waals surface area contributed by atoms with Crippen molar-refractivity contribution in [3.05, 3.63) is 0 Å². The van der Waals surface area contributed by atoms with Crippen LogP contribution in [0.15, 0.2) is 0 Å². The van der Waals surface area contributed by atoms with Gasteiger partial charge < -0.3 is 16.0 Å². The maximum Gasteiger partial charge on any atom is 0.0452 e. The summed E-state index contributed by atoms with van der Waals surface area (Å²) < 4.78 is 0. The number of nitrogens with one attached hydrogen (secondary N) is 3. The monoisotopic (exact) mass is 187 g/mol. The molecule has 0 bridgehead atoms. The second-order valence-electron chi connectivity index (χ2n) is 4.02. The van der Waals surface area contributed by atoms with E-state index < -0.39 is 0 Å². The minimum atomic E-state index is 0.636. The molecule has 0 aromatic heterocycles. The van der Waals surface area contributed by atoms with Crippen LogP contribution in [-0.4, -0.2) is 32.8 Å². The fraction of sp³-hybridized carbons (Fsp3) is 1.00. The van der Waals surface area contributed by atoms with Crippen molar-refractivity contribution in [2.75, 3.05) is 26.8 Å². The normalized spacial score (nSPS) is 13.6. The Morgan fingerprint density at radius 1 is 1.08 bits per heavy atom. The van der Waals surface area contributed by atoms with Gasteiger partial charge in [0.1, 0.15) is 0 Å². The molecular formula is C10H25N3. The second kappa shape index (κ2) is 8.48. The lowest BCUT2D eigenvalue weighted by Gasteiger charge is -2.15. The molecule has 0 aliphatic rings. The van der Waals surface area contributed by atoms with Gasteiger partial charge in [-0.3, -0.25) is 0 Å². The fourth-order valence-corrected chi connectivity index (χ4v) is 1.41. The van der Waals surface area contributed by atoms with Gasteiger partial charge in [-0.25, -0.2) is 0 Å². The van der Waals surface area contributed by atoms with Crippen LogP contribution < -0.4 is 16.0 Å². The summed E-state index contributed by atoms with van der Waals surface area (Å²) in [5, 5.41) is 9.80. The molecule has 3 N–H and O–H groups in total. The highest BCUT2D eigenvalue weighted by Gasteiger charge is 2.02. The molecule has 0 aromatic rings. The highest BCUT2D eigenvalue weighted by atomic mass is 15.1. The first kappa shape index (κ1) is 12.9. The van der Waals surface area contributed by atoms with E-state index in [-0.39, 0.29) is 0 Å². The first-order chi connectivity index (χ1) is 6.16. The molecule has 3 heteroatoms. The van der Waals surface area contributed by atoms with E-state index in [0.717, 1.165) is 25.7 Å². The SMILES string of the molecule is CNCNCCNC(C)CC(C)C. The third kappa shape index (κ3) is 9.80. The summed E-state index contributed by atoms with van der Waals surface area (Å²) in [6, 6.07) is 0.636. The van der Waals surface area contributed by atoms with Gasteiger partial charge in [-0.1, -0.05) is 13.8 Å². The molecule has 0 saturated carbocycles. The standard InChI is InChI=1S/C10H25N3/c1-9(2)7-10(3)13-6-5-12-8-11-4/h9-13H,5-8H2,1-4H3. The lowest BCUT2D eigenvalue weighted by Crippen LogP contribution is -2.36. The van der Waals surface area contributed by atoms with E-state index in [9.17, 15) is 0 Å². The van der Waals surface area contributed by atoms with Crippen molar-refractivity contribution in [1.82, 2.24) is 16.0 Å². The van der Waals surface area contributed by atoms with Crippen LogP contribution in [0, 0.1) is 5.92 Å². The van der Waals surface area contributed by atoms with Gasteiger partial charge >= 0.3 is 0 Å². The lowest BCUT2D eigenvalue weighted by atomic mass is 10.1. The van der Waals surface area contributed by atoms with Crippen LogP contribution in [0.1, 0.15) is 27.2 Å². The van der Waals surface area contributed by atoms with Gasteiger partial charge in [0, 0.05) is 25.8 Å². The Kier molecular flexibility index (Phi) is 8.40. The third-order valence-corrected chi connectivity index (χ3v) is 1.92. The maximum absolute atomic E-state index is 3.48. The summed E-state index contributed by atoms with van der Waals surface area (Å²) in [7, 11) is 1.95. The van der Waals surface area contributed by atoms with Crippen LogP contribution >= 0.6 is 0 Å². The van der Waals surface area contributed by atoms with Crippen LogP contribution in [0.2, 0.25) is 0 Å². The van der Waals surface area contributed by atoms with E-state index in [1.54, 1.807) is 0 Å². The smallest absolute Gasteiger partial charge is 0.0452 e. The molecule has 1 unspecified atom stereocenters. The molecule has 1 atom stereocenters. The Labute approximate surface area is 82.7 Å². The summed E-state index contributed by atoms with van der Waals surface area (Å²) in [6.45, 7) is 9.74. The highest BCUT2D eigenvalue weighted by molar-refractivity contribution is 4.63. The summed E-state index contributed by atoms with van der Waals surface area (Å²) >= 11 is 0. The van der Waals surface area contributed by atoms with Crippen molar-refractivity contribution in [3.63, 3.8) is 0 Å². The molecule has 0 aliphatic carbocycles. The number of rotatable bonds is 8. The Morgan fingerprint density at radius 3 is 2.31 bits per heavy atom. The molecule has 0 rings (SSSR count). The zero-order valence-electron chi connectivity index (χ0n) is 9.48. The van der Waals surface area contributed by atoms with Gasteiger partial charge in [0.2, 0.25) is 0 Å². The number of hydrogen-bond acceptors (Lipinski definition) is 3. The Balaban J connectivity index is 3.12. The average Bonchev–Trinajstić information content (AvgIpc) is 2.02. The van der Waals surface area contributed by atoms with Gasteiger partial charge in [0.15, 0.2) is 0 Å². The predicted molar refractivity (Wildman–Crippen MR) is 58.8 cm³/mol. The van der Waals surface area contributed by atoms with Crippen molar-refractivity contribution < 1.29 is 0 Å². The third-order valence-electron chi connectivity index (χ3n) is 1.92. The van der Waals surface area contributed by atoms with E-state index in [0.29, 0.717) is 6.04 Å². The number of hydrogen-bond donors (Lipinski definition) is 3. The molecule has 3 nitrogen and oxygen atoms in total. The summed E-state index contributed by atoms with van der Waals surface area (Å²) in [6.07, 6.45) is 1.26. The minimum Gasteiger partial charge on any atom is -0.313 e. The maximum atomic E-state index is 3.48. The van der Waals surface area contributed by atoms with Crippen LogP contribution in [0.5, 0.6) is 0 Å². The van der Waals surface area contributed by atoms with Gasteiger partial charge in [-0.05, 0) is 26.3 Å². The molecule has 0 heterocycles. The Bertz CT molecular complexity index is 104. The average molecular weight is 187 g/mol. The van der Waals surface area contributed by atoms with Crippen LogP contribution in [-0.2, 0) is 0 Å². The zero-order chi connectivity index (χ0) is 10.1. The lowest BCUT2D eigenvalue weighted by molar-refractivity contribution is 0.437. The molecule has 13 heavy (non-hydrogen) atoms. The van der Waals surface area contributed by atoms with Crippen molar-refractivity contribution in [2.45, 2.75) is 33.2 Å². The van der Waals surface area contributed by atoms with E-state index in [1.807, 2.05) is 7.05 Å².